The summed E-state index contributed by atoms with van der Waals surface area (Å²) in [6.07, 6.45) is 1.54. The number of nitrogens with zero attached hydrogens (tertiary/aromatic N) is 2. The lowest BCUT2D eigenvalue weighted by Crippen LogP contribution is -2.10. The van der Waals surface area contributed by atoms with Crippen molar-refractivity contribution in [2.24, 2.45) is 5.10 Å². The van der Waals surface area contributed by atoms with Gasteiger partial charge in [-0.05, 0) is 6.07 Å². The third kappa shape index (κ3) is 4.29. The first-order valence-corrected chi connectivity index (χ1v) is 8.40. The minimum Gasteiger partial charge on any atom is -0.496 e. The summed E-state index contributed by atoms with van der Waals surface area (Å²) in [6.45, 7) is 0. The summed E-state index contributed by atoms with van der Waals surface area (Å²) in [5.74, 6) is 1.87. The Hall–Kier alpha value is -3.81. The Morgan fingerprint density at radius 2 is 1.64 bits per heavy atom. The van der Waals surface area contributed by atoms with Crippen LogP contribution in [0.25, 0.3) is 11.3 Å². The van der Waals surface area contributed by atoms with Crippen molar-refractivity contribution < 1.29 is 14.2 Å². The Kier molecular flexibility index (Phi) is 5.91. The summed E-state index contributed by atoms with van der Waals surface area (Å²) >= 11 is 0. The lowest BCUT2D eigenvalue weighted by molar-refractivity contribution is 0.349. The molecule has 1 heterocycles. The largest absolute Gasteiger partial charge is 0.496 e. The maximum absolute atomic E-state index is 11.9. The van der Waals surface area contributed by atoms with Crippen LogP contribution in [0.3, 0.4) is 0 Å². The average molecular weight is 380 g/mol. The van der Waals surface area contributed by atoms with Crippen molar-refractivity contribution in [2.75, 3.05) is 26.8 Å². The molecule has 0 spiro atoms. The summed E-state index contributed by atoms with van der Waals surface area (Å²) in [4.78, 5) is 18.9. The number of rotatable bonds is 7. The van der Waals surface area contributed by atoms with Gasteiger partial charge in [-0.3, -0.25) is 9.78 Å². The minimum atomic E-state index is -0.282. The highest BCUT2D eigenvalue weighted by Crippen LogP contribution is 2.33. The third-order valence-corrected chi connectivity index (χ3v) is 3.92. The summed E-state index contributed by atoms with van der Waals surface area (Å²) in [5.41, 5.74) is 4.50. The highest BCUT2D eigenvalue weighted by atomic mass is 16.5. The molecule has 3 aromatic rings. The normalized spacial score (nSPS) is 10.7. The number of hydrogen-bond donors (Lipinski definition) is 2. The van der Waals surface area contributed by atoms with Crippen molar-refractivity contribution in [3.05, 3.63) is 64.4 Å². The lowest BCUT2D eigenvalue weighted by atomic mass is 10.1. The summed E-state index contributed by atoms with van der Waals surface area (Å²) in [6, 6.07) is 14.3. The van der Waals surface area contributed by atoms with Crippen LogP contribution in [-0.4, -0.2) is 37.5 Å². The highest BCUT2D eigenvalue weighted by Gasteiger charge is 2.10. The molecule has 144 valence electrons. The van der Waals surface area contributed by atoms with Gasteiger partial charge in [0.2, 0.25) is 5.95 Å². The van der Waals surface area contributed by atoms with Crippen LogP contribution in [0.4, 0.5) is 5.95 Å². The van der Waals surface area contributed by atoms with Gasteiger partial charge in [0.15, 0.2) is 11.5 Å². The van der Waals surface area contributed by atoms with Crippen LogP contribution < -0.4 is 25.2 Å². The third-order valence-electron chi connectivity index (χ3n) is 3.92. The van der Waals surface area contributed by atoms with Crippen LogP contribution >= 0.6 is 0 Å². The molecule has 0 radical (unpaired) electrons. The van der Waals surface area contributed by atoms with Crippen LogP contribution in [0.2, 0.25) is 0 Å². The van der Waals surface area contributed by atoms with Crippen molar-refractivity contribution >= 4 is 12.2 Å². The molecule has 2 N–H and O–H groups in total. The van der Waals surface area contributed by atoms with Gasteiger partial charge in [-0.15, -0.1) is 0 Å². The Labute approximate surface area is 161 Å². The van der Waals surface area contributed by atoms with Gasteiger partial charge in [-0.25, -0.2) is 10.4 Å². The van der Waals surface area contributed by atoms with Crippen molar-refractivity contribution in [3.63, 3.8) is 0 Å². The monoisotopic (exact) mass is 380 g/mol. The molecule has 1 aromatic heterocycles. The van der Waals surface area contributed by atoms with Crippen LogP contribution in [0.5, 0.6) is 17.2 Å². The molecule has 0 aliphatic rings. The maximum Gasteiger partial charge on any atom is 0.252 e. The van der Waals surface area contributed by atoms with E-state index in [0.29, 0.717) is 28.5 Å². The summed E-state index contributed by atoms with van der Waals surface area (Å²) < 4.78 is 15.9. The molecule has 0 saturated heterocycles. The number of ether oxygens (including phenoxy) is 3. The SMILES string of the molecule is COc1cc(OC)c(OC)cc1/C=N\Nc1nc(-c2ccccc2)cc(=O)[nH]1. The molecule has 2 aromatic carbocycles. The number of hydrazone groups is 1. The molecule has 0 aliphatic heterocycles. The smallest absolute Gasteiger partial charge is 0.252 e. The number of nitrogens with one attached hydrogen (secondary N) is 2. The molecule has 0 fully saturated rings. The predicted octanol–water partition coefficient (Wildman–Crippen LogP) is 2.91. The fourth-order valence-electron chi connectivity index (χ4n) is 2.58. The van der Waals surface area contributed by atoms with Gasteiger partial charge < -0.3 is 14.2 Å². The zero-order chi connectivity index (χ0) is 19.9. The van der Waals surface area contributed by atoms with E-state index in [2.05, 4.69) is 20.5 Å². The van der Waals surface area contributed by atoms with Gasteiger partial charge in [0.1, 0.15) is 5.75 Å². The average Bonchev–Trinajstić information content (AvgIpc) is 2.73. The van der Waals surface area contributed by atoms with E-state index in [4.69, 9.17) is 14.2 Å². The van der Waals surface area contributed by atoms with Gasteiger partial charge in [-0.2, -0.15) is 5.10 Å². The lowest BCUT2D eigenvalue weighted by Gasteiger charge is -2.11. The molecule has 0 unspecified atom stereocenters. The van der Waals surface area contributed by atoms with E-state index in [1.165, 1.54) is 12.3 Å². The Morgan fingerprint density at radius 1 is 0.964 bits per heavy atom. The Balaban J connectivity index is 1.85. The van der Waals surface area contributed by atoms with Gasteiger partial charge in [0.05, 0.1) is 33.2 Å². The van der Waals surface area contributed by atoms with Gasteiger partial charge in [-0.1, -0.05) is 30.3 Å². The number of anilines is 1. The summed E-state index contributed by atoms with van der Waals surface area (Å²) in [7, 11) is 4.65. The Morgan fingerprint density at radius 3 is 2.32 bits per heavy atom. The van der Waals surface area contributed by atoms with Crippen LogP contribution in [0.15, 0.2) is 58.4 Å². The van der Waals surface area contributed by atoms with E-state index in [-0.39, 0.29) is 11.5 Å². The van der Waals surface area contributed by atoms with E-state index in [0.717, 1.165) is 5.56 Å². The zero-order valence-electron chi connectivity index (χ0n) is 15.7. The second kappa shape index (κ2) is 8.72. The van der Waals surface area contributed by atoms with Gasteiger partial charge in [0, 0.05) is 23.3 Å². The number of hydrogen-bond acceptors (Lipinski definition) is 7. The van der Waals surface area contributed by atoms with E-state index < -0.39 is 0 Å². The topological polar surface area (TPSA) is 97.8 Å². The van der Waals surface area contributed by atoms with Crippen molar-refractivity contribution in [3.8, 4) is 28.5 Å². The van der Waals surface area contributed by atoms with Crippen molar-refractivity contribution in [1.29, 1.82) is 0 Å². The highest BCUT2D eigenvalue weighted by molar-refractivity contribution is 5.85. The molecule has 0 amide bonds. The standard InChI is InChI=1S/C20H20N4O4/c1-26-16-11-18(28-3)17(27-2)9-14(16)12-21-24-20-22-15(10-19(25)23-20)13-7-5-4-6-8-13/h4-12H,1-3H3,(H2,22,23,24,25)/b21-12-. The molecular formula is C20H20N4O4. The quantitative estimate of drug-likeness (QED) is 0.483. The molecule has 0 saturated carbocycles. The van der Waals surface area contributed by atoms with Gasteiger partial charge in [0.25, 0.3) is 5.56 Å². The first-order chi connectivity index (χ1) is 13.6. The fraction of sp³-hybridized carbons (Fsp3) is 0.150. The molecule has 8 heteroatoms. The molecule has 0 atom stereocenters. The van der Waals surface area contributed by atoms with E-state index in [1.54, 1.807) is 33.5 Å². The van der Waals surface area contributed by atoms with Crippen LogP contribution in [-0.2, 0) is 0 Å². The number of aromatic nitrogens is 2. The number of aromatic amines is 1. The van der Waals surface area contributed by atoms with Gasteiger partial charge >= 0.3 is 0 Å². The number of H-pyrrole nitrogens is 1. The molecule has 0 bridgehead atoms. The second-order valence-corrected chi connectivity index (χ2v) is 5.66. The predicted molar refractivity (Wildman–Crippen MR) is 108 cm³/mol. The number of benzene rings is 2. The van der Waals surface area contributed by atoms with E-state index in [9.17, 15) is 4.79 Å². The second-order valence-electron chi connectivity index (χ2n) is 5.66. The van der Waals surface area contributed by atoms with Crippen LogP contribution in [0.1, 0.15) is 5.56 Å². The Bertz CT molecular complexity index is 1030. The zero-order valence-corrected chi connectivity index (χ0v) is 15.7. The fourth-order valence-corrected chi connectivity index (χ4v) is 2.58. The molecule has 28 heavy (non-hydrogen) atoms. The first kappa shape index (κ1) is 19.0. The van der Waals surface area contributed by atoms with Crippen molar-refractivity contribution in [2.45, 2.75) is 0 Å². The minimum absolute atomic E-state index is 0.224. The molecule has 3 rings (SSSR count). The molecular weight excluding hydrogens is 360 g/mol. The van der Waals surface area contributed by atoms with E-state index >= 15 is 0 Å². The van der Waals surface area contributed by atoms with Crippen LogP contribution in [0, 0.1) is 0 Å². The van der Waals surface area contributed by atoms with Crippen molar-refractivity contribution in [1.82, 2.24) is 9.97 Å². The summed E-state index contributed by atoms with van der Waals surface area (Å²) in [5, 5.41) is 4.14. The van der Waals surface area contributed by atoms with E-state index in [1.807, 2.05) is 30.3 Å². The molecule has 0 aliphatic carbocycles. The number of methoxy groups -OCH3 is 3. The molecule has 8 nitrogen and oxygen atoms in total. The first-order valence-electron chi connectivity index (χ1n) is 8.40. The maximum atomic E-state index is 11.9.